The van der Waals surface area contributed by atoms with Crippen molar-refractivity contribution in [2.75, 3.05) is 46.3 Å². The molecule has 0 aromatic carbocycles. The van der Waals surface area contributed by atoms with Gasteiger partial charge in [-0.15, -0.1) is 0 Å². The summed E-state index contributed by atoms with van der Waals surface area (Å²) in [6.45, 7) is 7.88. The van der Waals surface area contributed by atoms with Gasteiger partial charge in [0.1, 0.15) is 0 Å². The van der Waals surface area contributed by atoms with Gasteiger partial charge < -0.3 is 4.90 Å². The van der Waals surface area contributed by atoms with Crippen LogP contribution in [-0.2, 0) is 0 Å². The van der Waals surface area contributed by atoms with Crippen molar-refractivity contribution in [1.29, 1.82) is 0 Å². The second-order valence-electron chi connectivity index (χ2n) is 5.56. The smallest absolute Gasteiger partial charge is 0.0351 e. The summed E-state index contributed by atoms with van der Waals surface area (Å²) in [5, 5.41) is 0. The first-order chi connectivity index (χ1) is 7.33. The highest BCUT2D eigenvalue weighted by Crippen LogP contribution is 2.25. The zero-order chi connectivity index (χ0) is 10.3. The molecule has 0 bridgehead atoms. The molecule has 86 valence electrons. The van der Waals surface area contributed by atoms with Gasteiger partial charge >= 0.3 is 0 Å². The molecular formula is C12H23N3. The normalized spacial score (nSPS) is 39.8. The molecule has 2 atom stereocenters. The first kappa shape index (κ1) is 10.1. The van der Waals surface area contributed by atoms with Gasteiger partial charge in [-0.05, 0) is 26.4 Å². The fourth-order valence-corrected chi connectivity index (χ4v) is 3.51. The second kappa shape index (κ2) is 4.04. The molecular weight excluding hydrogens is 186 g/mol. The molecule has 0 amide bonds. The first-order valence-corrected chi connectivity index (χ1v) is 6.49. The molecule has 2 unspecified atom stereocenters. The maximum Gasteiger partial charge on any atom is 0.0351 e. The monoisotopic (exact) mass is 209 g/mol. The third-order valence-electron chi connectivity index (χ3n) is 4.45. The number of likely N-dealkylation sites (N-methyl/N-ethyl adjacent to an activating group) is 1. The lowest BCUT2D eigenvalue weighted by atomic mass is 9.95. The molecule has 3 nitrogen and oxygen atoms in total. The molecule has 0 aromatic heterocycles. The van der Waals surface area contributed by atoms with Crippen LogP contribution in [0.15, 0.2) is 0 Å². The van der Waals surface area contributed by atoms with Gasteiger partial charge in [0, 0.05) is 44.8 Å². The van der Waals surface area contributed by atoms with Crippen LogP contribution in [0.1, 0.15) is 19.3 Å². The molecule has 0 spiro atoms. The molecule has 0 radical (unpaired) electrons. The Morgan fingerprint density at radius 3 is 2.53 bits per heavy atom. The van der Waals surface area contributed by atoms with Gasteiger partial charge in [0.15, 0.2) is 0 Å². The van der Waals surface area contributed by atoms with E-state index < -0.39 is 0 Å². The van der Waals surface area contributed by atoms with E-state index >= 15 is 0 Å². The lowest BCUT2D eigenvalue weighted by Gasteiger charge is -2.51. The highest BCUT2D eigenvalue weighted by Gasteiger charge is 2.36. The summed E-state index contributed by atoms with van der Waals surface area (Å²) in [6.07, 6.45) is 4.33. The number of fused-ring (bicyclic) bond motifs is 2. The Kier molecular flexibility index (Phi) is 2.71. The van der Waals surface area contributed by atoms with E-state index in [1.807, 2.05) is 0 Å². The molecule has 3 aliphatic rings. The second-order valence-corrected chi connectivity index (χ2v) is 5.56. The number of hydrogen-bond acceptors (Lipinski definition) is 3. The number of hydrogen-bond donors (Lipinski definition) is 0. The van der Waals surface area contributed by atoms with E-state index in [-0.39, 0.29) is 0 Å². The van der Waals surface area contributed by atoms with E-state index in [4.69, 9.17) is 0 Å². The van der Waals surface area contributed by atoms with Crippen LogP contribution in [0.25, 0.3) is 0 Å². The first-order valence-electron chi connectivity index (χ1n) is 6.49. The van der Waals surface area contributed by atoms with Crippen LogP contribution in [-0.4, -0.2) is 73.1 Å². The summed E-state index contributed by atoms with van der Waals surface area (Å²) in [7, 11) is 2.26. The number of rotatable bonds is 0. The summed E-state index contributed by atoms with van der Waals surface area (Å²) in [6, 6.07) is 1.71. The Morgan fingerprint density at radius 1 is 0.800 bits per heavy atom. The molecule has 3 heterocycles. The molecule has 0 aromatic rings. The Labute approximate surface area is 93.0 Å². The van der Waals surface area contributed by atoms with Crippen molar-refractivity contribution in [1.82, 2.24) is 14.7 Å². The predicted molar refractivity (Wildman–Crippen MR) is 62.1 cm³/mol. The summed E-state index contributed by atoms with van der Waals surface area (Å²) >= 11 is 0. The van der Waals surface area contributed by atoms with Crippen molar-refractivity contribution in [2.24, 2.45) is 0 Å². The van der Waals surface area contributed by atoms with Crippen molar-refractivity contribution in [2.45, 2.75) is 31.3 Å². The van der Waals surface area contributed by atoms with Crippen LogP contribution in [0.5, 0.6) is 0 Å². The standard InChI is InChI=1S/C12H23N3/c1-13-6-7-15-9-11-4-2-3-5-14(11)10-12(15)8-13/h11-12H,2-10H2,1H3. The van der Waals surface area contributed by atoms with Crippen LogP contribution in [0.4, 0.5) is 0 Å². The van der Waals surface area contributed by atoms with E-state index in [1.54, 1.807) is 0 Å². The third kappa shape index (κ3) is 1.93. The summed E-state index contributed by atoms with van der Waals surface area (Å²) in [5.74, 6) is 0. The molecule has 3 saturated heterocycles. The fraction of sp³-hybridized carbons (Fsp3) is 1.00. The fourth-order valence-electron chi connectivity index (χ4n) is 3.51. The van der Waals surface area contributed by atoms with E-state index in [0.29, 0.717) is 0 Å². The topological polar surface area (TPSA) is 9.72 Å². The van der Waals surface area contributed by atoms with Gasteiger partial charge in [0.25, 0.3) is 0 Å². The van der Waals surface area contributed by atoms with Crippen molar-refractivity contribution in [3.63, 3.8) is 0 Å². The predicted octanol–water partition coefficient (Wildman–Crippen LogP) is 0.471. The van der Waals surface area contributed by atoms with Crippen molar-refractivity contribution in [3.05, 3.63) is 0 Å². The molecule has 15 heavy (non-hydrogen) atoms. The van der Waals surface area contributed by atoms with Crippen LogP contribution in [0.3, 0.4) is 0 Å². The summed E-state index contributed by atoms with van der Waals surface area (Å²) in [5.41, 5.74) is 0. The molecule has 3 fully saturated rings. The van der Waals surface area contributed by atoms with Gasteiger partial charge in [-0.2, -0.15) is 0 Å². The SMILES string of the molecule is CN1CCN2CC3CCCCN3CC2C1. The minimum atomic E-state index is 0.818. The lowest BCUT2D eigenvalue weighted by Crippen LogP contribution is -2.65. The van der Waals surface area contributed by atoms with Crippen LogP contribution in [0, 0.1) is 0 Å². The van der Waals surface area contributed by atoms with Crippen molar-refractivity contribution < 1.29 is 0 Å². The van der Waals surface area contributed by atoms with Gasteiger partial charge in [0.2, 0.25) is 0 Å². The average molecular weight is 209 g/mol. The lowest BCUT2D eigenvalue weighted by molar-refractivity contribution is -0.0248. The Balaban J connectivity index is 1.67. The number of piperidine rings is 1. The number of nitrogens with zero attached hydrogens (tertiary/aromatic N) is 3. The molecule has 3 aliphatic heterocycles. The highest BCUT2D eigenvalue weighted by molar-refractivity contribution is 4.93. The van der Waals surface area contributed by atoms with Crippen LogP contribution in [0.2, 0.25) is 0 Å². The summed E-state index contributed by atoms with van der Waals surface area (Å²) < 4.78 is 0. The van der Waals surface area contributed by atoms with Gasteiger partial charge in [-0.25, -0.2) is 0 Å². The third-order valence-corrected chi connectivity index (χ3v) is 4.45. The average Bonchev–Trinajstić information content (AvgIpc) is 2.26. The largest absolute Gasteiger partial charge is 0.303 e. The van der Waals surface area contributed by atoms with E-state index in [9.17, 15) is 0 Å². The Morgan fingerprint density at radius 2 is 1.60 bits per heavy atom. The Bertz CT molecular complexity index is 231. The van der Waals surface area contributed by atoms with Gasteiger partial charge in [0.05, 0.1) is 0 Å². The van der Waals surface area contributed by atoms with Crippen molar-refractivity contribution in [3.8, 4) is 0 Å². The van der Waals surface area contributed by atoms with E-state index in [0.717, 1.165) is 12.1 Å². The van der Waals surface area contributed by atoms with Crippen molar-refractivity contribution >= 4 is 0 Å². The maximum atomic E-state index is 2.75. The van der Waals surface area contributed by atoms with E-state index in [2.05, 4.69) is 21.7 Å². The van der Waals surface area contributed by atoms with Crippen LogP contribution >= 0.6 is 0 Å². The minimum Gasteiger partial charge on any atom is -0.303 e. The number of piperazine rings is 2. The molecule has 3 rings (SSSR count). The van der Waals surface area contributed by atoms with E-state index in [1.165, 1.54) is 58.5 Å². The molecule has 0 saturated carbocycles. The molecule has 0 aliphatic carbocycles. The zero-order valence-electron chi connectivity index (χ0n) is 9.86. The maximum absolute atomic E-state index is 2.75. The zero-order valence-corrected chi connectivity index (χ0v) is 9.86. The van der Waals surface area contributed by atoms with Gasteiger partial charge in [-0.1, -0.05) is 6.42 Å². The Hall–Kier alpha value is -0.120. The molecule has 0 N–H and O–H groups in total. The minimum absolute atomic E-state index is 0.818. The molecule has 3 heteroatoms. The van der Waals surface area contributed by atoms with Crippen LogP contribution < -0.4 is 0 Å². The summed E-state index contributed by atoms with van der Waals surface area (Å²) in [4.78, 5) is 7.99. The highest BCUT2D eigenvalue weighted by atomic mass is 15.4. The quantitative estimate of drug-likeness (QED) is 0.574. The van der Waals surface area contributed by atoms with Gasteiger partial charge in [-0.3, -0.25) is 9.80 Å².